The van der Waals surface area contributed by atoms with Gasteiger partial charge in [0, 0.05) is 5.69 Å². The second kappa shape index (κ2) is 8.71. The number of hydrogen-bond donors (Lipinski definition) is 1. The molecule has 2 aromatic carbocycles. The van der Waals surface area contributed by atoms with Gasteiger partial charge >= 0.3 is 5.97 Å². The first kappa shape index (κ1) is 19.5. The lowest BCUT2D eigenvalue weighted by molar-refractivity contribution is -0.117. The lowest BCUT2D eigenvalue weighted by Gasteiger charge is -2.22. The molecule has 1 saturated heterocycles. The van der Waals surface area contributed by atoms with Crippen LogP contribution in [0.3, 0.4) is 0 Å². The molecular weight excluding hydrogens is 386 g/mol. The van der Waals surface area contributed by atoms with E-state index in [2.05, 4.69) is 16.3 Å². The maximum absolute atomic E-state index is 12.6. The Hall–Kier alpha value is -2.77. The highest BCUT2D eigenvalue weighted by Crippen LogP contribution is 2.36. The number of benzene rings is 2. The summed E-state index contributed by atoms with van der Waals surface area (Å²) in [6.45, 7) is 3.31. The molecule has 1 aliphatic rings. The summed E-state index contributed by atoms with van der Waals surface area (Å²) in [5, 5.41) is 3.99. The molecule has 6 nitrogen and oxygen atoms in total. The van der Waals surface area contributed by atoms with Crippen LogP contribution >= 0.6 is 11.3 Å². The Labute approximate surface area is 173 Å². The second-order valence-electron chi connectivity index (χ2n) is 6.99. The van der Waals surface area contributed by atoms with Gasteiger partial charge in [0.1, 0.15) is 5.01 Å². The highest BCUT2D eigenvalue weighted by Gasteiger charge is 2.30. The minimum Gasteiger partial charge on any atom is -0.462 e. The van der Waals surface area contributed by atoms with Crippen molar-refractivity contribution in [2.24, 2.45) is 0 Å². The van der Waals surface area contributed by atoms with Crippen molar-refractivity contribution in [3.05, 3.63) is 59.1 Å². The third kappa shape index (κ3) is 4.46. The number of anilines is 1. The van der Waals surface area contributed by atoms with Crippen molar-refractivity contribution < 1.29 is 14.3 Å². The molecule has 4 rings (SSSR count). The van der Waals surface area contributed by atoms with E-state index in [-0.39, 0.29) is 17.9 Å². The third-order valence-corrected chi connectivity index (χ3v) is 6.12. The van der Waals surface area contributed by atoms with Crippen molar-refractivity contribution in [1.82, 2.24) is 9.88 Å². The molecule has 29 heavy (non-hydrogen) atoms. The molecule has 0 unspecified atom stereocenters. The summed E-state index contributed by atoms with van der Waals surface area (Å²) in [4.78, 5) is 31.3. The van der Waals surface area contributed by atoms with Gasteiger partial charge in [0.25, 0.3) is 0 Å². The molecule has 0 aliphatic carbocycles. The SMILES string of the molecule is CCOC(=O)c1ccc(NC(=O)CN2CCC[C@@H]2c2nc3ccccc3s2)cc1. The van der Waals surface area contributed by atoms with E-state index < -0.39 is 0 Å². The highest BCUT2D eigenvalue weighted by molar-refractivity contribution is 7.18. The van der Waals surface area contributed by atoms with Crippen LogP contribution in [0.1, 0.15) is 41.2 Å². The standard InChI is InChI=1S/C22H23N3O3S/c1-2-28-22(27)15-9-11-16(12-10-15)23-20(26)14-25-13-5-7-18(25)21-24-17-6-3-4-8-19(17)29-21/h3-4,6,8-12,18H,2,5,7,13-14H2,1H3,(H,23,26)/t18-/m1/s1. The number of likely N-dealkylation sites (tertiary alicyclic amines) is 1. The lowest BCUT2D eigenvalue weighted by Crippen LogP contribution is -2.32. The molecular formula is C22H23N3O3S. The highest BCUT2D eigenvalue weighted by atomic mass is 32.1. The summed E-state index contributed by atoms with van der Waals surface area (Å²) in [7, 11) is 0. The Morgan fingerprint density at radius 2 is 2.00 bits per heavy atom. The number of rotatable bonds is 6. The van der Waals surface area contributed by atoms with Crippen molar-refractivity contribution in [1.29, 1.82) is 0 Å². The molecule has 2 heterocycles. The van der Waals surface area contributed by atoms with E-state index in [1.165, 1.54) is 4.70 Å². The van der Waals surface area contributed by atoms with Crippen LogP contribution in [-0.4, -0.2) is 41.5 Å². The van der Waals surface area contributed by atoms with Gasteiger partial charge in [0.15, 0.2) is 0 Å². The van der Waals surface area contributed by atoms with Crippen molar-refractivity contribution in [2.45, 2.75) is 25.8 Å². The predicted octanol–water partition coefficient (Wildman–Crippen LogP) is 4.25. The second-order valence-corrected chi connectivity index (χ2v) is 8.06. The zero-order valence-corrected chi connectivity index (χ0v) is 17.1. The molecule has 7 heteroatoms. The topological polar surface area (TPSA) is 71.5 Å². The molecule has 0 spiro atoms. The number of amides is 1. The van der Waals surface area contributed by atoms with E-state index in [1.807, 2.05) is 18.2 Å². The first-order chi connectivity index (χ1) is 14.1. The minimum absolute atomic E-state index is 0.0677. The number of fused-ring (bicyclic) bond motifs is 1. The molecule has 1 atom stereocenters. The summed E-state index contributed by atoms with van der Waals surface area (Å²) in [5.74, 6) is -0.428. The average Bonchev–Trinajstić information content (AvgIpc) is 3.35. The van der Waals surface area contributed by atoms with Crippen molar-refractivity contribution in [3.8, 4) is 0 Å². The molecule has 3 aromatic rings. The van der Waals surface area contributed by atoms with Gasteiger partial charge in [-0.3, -0.25) is 9.69 Å². The number of thiazole rings is 1. The van der Waals surface area contributed by atoms with Crippen molar-refractivity contribution in [2.75, 3.05) is 25.0 Å². The van der Waals surface area contributed by atoms with E-state index in [0.29, 0.717) is 24.4 Å². The van der Waals surface area contributed by atoms with Gasteiger partial charge in [-0.05, 0) is 62.7 Å². The number of carbonyl (C=O) groups excluding carboxylic acids is 2. The Morgan fingerprint density at radius 1 is 1.21 bits per heavy atom. The van der Waals surface area contributed by atoms with E-state index in [1.54, 1.807) is 42.5 Å². The van der Waals surface area contributed by atoms with Gasteiger partial charge in [0.2, 0.25) is 5.91 Å². The largest absolute Gasteiger partial charge is 0.462 e. The van der Waals surface area contributed by atoms with Gasteiger partial charge in [0.05, 0.1) is 35.0 Å². The molecule has 1 fully saturated rings. The van der Waals surface area contributed by atoms with E-state index >= 15 is 0 Å². The monoisotopic (exact) mass is 409 g/mol. The first-order valence-electron chi connectivity index (χ1n) is 9.80. The number of esters is 1. The van der Waals surface area contributed by atoms with E-state index in [9.17, 15) is 9.59 Å². The summed E-state index contributed by atoms with van der Waals surface area (Å²) in [5.41, 5.74) is 2.16. The summed E-state index contributed by atoms with van der Waals surface area (Å²) >= 11 is 1.71. The fourth-order valence-electron chi connectivity index (χ4n) is 3.62. The van der Waals surface area contributed by atoms with Crippen LogP contribution < -0.4 is 5.32 Å². The number of ether oxygens (including phenoxy) is 1. The van der Waals surface area contributed by atoms with Crippen LogP contribution in [0.2, 0.25) is 0 Å². The molecule has 1 N–H and O–H groups in total. The van der Waals surface area contributed by atoms with E-state index in [4.69, 9.17) is 9.72 Å². The molecule has 1 amide bonds. The lowest BCUT2D eigenvalue weighted by atomic mass is 10.2. The third-order valence-electron chi connectivity index (χ3n) is 4.99. The van der Waals surface area contributed by atoms with Crippen LogP contribution in [0.25, 0.3) is 10.2 Å². The minimum atomic E-state index is -0.360. The Balaban J connectivity index is 1.39. The summed E-state index contributed by atoms with van der Waals surface area (Å²) in [6, 6.07) is 15.1. The molecule has 1 aliphatic heterocycles. The predicted molar refractivity (Wildman–Crippen MR) is 114 cm³/mol. The zero-order chi connectivity index (χ0) is 20.2. The number of para-hydroxylation sites is 1. The molecule has 0 radical (unpaired) electrons. The van der Waals surface area contributed by atoms with E-state index in [0.717, 1.165) is 29.9 Å². The van der Waals surface area contributed by atoms with Crippen molar-refractivity contribution in [3.63, 3.8) is 0 Å². The van der Waals surface area contributed by atoms with Crippen LogP contribution in [0.5, 0.6) is 0 Å². The quantitative estimate of drug-likeness (QED) is 0.616. The zero-order valence-electron chi connectivity index (χ0n) is 16.3. The summed E-state index contributed by atoms with van der Waals surface area (Å²) in [6.07, 6.45) is 2.07. The van der Waals surface area contributed by atoms with Gasteiger partial charge in [-0.15, -0.1) is 11.3 Å². The van der Waals surface area contributed by atoms with Gasteiger partial charge in [-0.25, -0.2) is 9.78 Å². The maximum atomic E-state index is 12.6. The smallest absolute Gasteiger partial charge is 0.338 e. The summed E-state index contributed by atoms with van der Waals surface area (Å²) < 4.78 is 6.16. The van der Waals surface area contributed by atoms with Crippen molar-refractivity contribution >= 4 is 39.1 Å². The molecule has 1 aromatic heterocycles. The molecule has 0 bridgehead atoms. The fraction of sp³-hybridized carbons (Fsp3) is 0.318. The van der Waals surface area contributed by atoms with Crippen LogP contribution in [-0.2, 0) is 9.53 Å². The number of aromatic nitrogens is 1. The Bertz CT molecular complexity index is 983. The van der Waals surface area contributed by atoms with Gasteiger partial charge in [-0.1, -0.05) is 12.1 Å². The number of nitrogens with one attached hydrogen (secondary N) is 1. The Kier molecular flexibility index (Phi) is 5.87. The molecule has 150 valence electrons. The Morgan fingerprint density at radius 3 is 2.76 bits per heavy atom. The van der Waals surface area contributed by atoms with Gasteiger partial charge < -0.3 is 10.1 Å². The number of carbonyl (C=O) groups is 2. The van der Waals surface area contributed by atoms with Crippen LogP contribution in [0.4, 0.5) is 5.69 Å². The first-order valence-corrected chi connectivity index (χ1v) is 10.6. The average molecular weight is 410 g/mol. The van der Waals surface area contributed by atoms with Crippen LogP contribution in [0, 0.1) is 0 Å². The molecule has 0 saturated carbocycles. The van der Waals surface area contributed by atoms with Gasteiger partial charge in [-0.2, -0.15) is 0 Å². The van der Waals surface area contributed by atoms with Crippen LogP contribution in [0.15, 0.2) is 48.5 Å². The number of hydrogen-bond acceptors (Lipinski definition) is 6. The maximum Gasteiger partial charge on any atom is 0.338 e. The fourth-order valence-corrected chi connectivity index (χ4v) is 4.75. The number of nitrogens with zero attached hydrogens (tertiary/aromatic N) is 2. The normalized spacial score (nSPS) is 16.8.